The van der Waals surface area contributed by atoms with E-state index in [1.807, 2.05) is 59.2 Å². The number of fused-ring (bicyclic) bond motifs is 1. The molecule has 216 valence electrons. The average Bonchev–Trinajstić information content (AvgIpc) is 3.56. The van der Waals surface area contributed by atoms with E-state index in [9.17, 15) is 9.59 Å². The molecule has 1 fully saturated rings. The first-order chi connectivity index (χ1) is 21.1. The number of benzene rings is 3. The van der Waals surface area contributed by atoms with E-state index < -0.39 is 0 Å². The molecule has 3 heterocycles. The van der Waals surface area contributed by atoms with Crippen molar-refractivity contribution in [2.75, 3.05) is 0 Å². The molecule has 10 heteroatoms. The van der Waals surface area contributed by atoms with Crippen molar-refractivity contribution >= 4 is 11.2 Å². The van der Waals surface area contributed by atoms with Crippen molar-refractivity contribution in [3.63, 3.8) is 0 Å². The summed E-state index contributed by atoms with van der Waals surface area (Å²) in [4.78, 5) is 32.8. The zero-order valence-corrected chi connectivity index (χ0v) is 24.0. The smallest absolute Gasteiger partial charge is 0.318 e. The molecule has 7 rings (SSSR count). The van der Waals surface area contributed by atoms with Crippen LogP contribution in [0.5, 0.6) is 0 Å². The molecule has 1 aliphatic carbocycles. The topological polar surface area (TPSA) is 116 Å². The molecule has 1 N–H and O–H groups in total. The molecule has 10 nitrogen and oxygen atoms in total. The van der Waals surface area contributed by atoms with Gasteiger partial charge in [-0.15, -0.1) is 10.2 Å². The molecule has 1 aliphatic rings. The lowest BCUT2D eigenvalue weighted by molar-refractivity contribution is 0.567. The maximum Gasteiger partial charge on any atom is 0.337 e. The minimum Gasteiger partial charge on any atom is -0.318 e. The number of rotatable bonds is 10. The maximum absolute atomic E-state index is 14.1. The molecule has 3 aromatic heterocycles. The third-order valence-corrected chi connectivity index (χ3v) is 8.13. The van der Waals surface area contributed by atoms with Gasteiger partial charge in [-0.25, -0.2) is 14.3 Å². The van der Waals surface area contributed by atoms with Crippen molar-refractivity contribution in [2.45, 2.75) is 52.1 Å². The number of hydrogen-bond acceptors (Lipinski definition) is 6. The number of unbranched alkanes of at least 4 members (excludes halogenated alkanes) is 1. The van der Waals surface area contributed by atoms with Crippen LogP contribution >= 0.6 is 0 Å². The molecule has 3 aromatic carbocycles. The Balaban J connectivity index is 1.34. The Morgan fingerprint density at radius 1 is 0.884 bits per heavy atom. The first kappa shape index (κ1) is 26.8. The second kappa shape index (κ2) is 11.3. The van der Waals surface area contributed by atoms with Crippen LogP contribution in [0.2, 0.25) is 0 Å². The van der Waals surface area contributed by atoms with Gasteiger partial charge in [-0.1, -0.05) is 80.1 Å². The molecular weight excluding hydrogens is 540 g/mol. The number of nitrogens with zero attached hydrogens (tertiary/aromatic N) is 7. The number of aryl methyl sites for hydroxylation is 1. The molecule has 0 atom stereocenters. The Kier molecular flexibility index (Phi) is 7.02. The molecule has 0 spiro atoms. The van der Waals surface area contributed by atoms with E-state index in [0.29, 0.717) is 48.1 Å². The molecule has 0 saturated heterocycles. The number of tetrazole rings is 1. The standard InChI is InChI=1S/C33H32N8O2/c1-2-3-13-28-34-31-29(32(42)40(21-22-14-15-22)33(43)41(31)25-9-5-4-6-10-25)39(28)20-23-16-18-24(19-17-23)26-11-7-8-12-27(26)30-35-37-38-36-30/h4-12,16-19,22H,2-3,13-15,20-21H2,1H3,(H,35,36,37,38). The van der Waals surface area contributed by atoms with Gasteiger partial charge in [0.25, 0.3) is 5.56 Å². The van der Waals surface area contributed by atoms with Gasteiger partial charge in [0, 0.05) is 25.1 Å². The van der Waals surface area contributed by atoms with Crippen LogP contribution in [0, 0.1) is 5.92 Å². The monoisotopic (exact) mass is 572 g/mol. The summed E-state index contributed by atoms with van der Waals surface area (Å²) < 4.78 is 5.06. The van der Waals surface area contributed by atoms with Crippen LogP contribution < -0.4 is 11.2 Å². The van der Waals surface area contributed by atoms with Crippen LogP contribution in [0.4, 0.5) is 0 Å². The third kappa shape index (κ3) is 5.09. The highest BCUT2D eigenvalue weighted by molar-refractivity contribution is 5.80. The molecule has 0 aliphatic heterocycles. The normalized spacial score (nSPS) is 13.1. The number of aromatic nitrogens is 8. The molecule has 6 aromatic rings. The molecular formula is C33H32N8O2. The Morgan fingerprint density at radius 2 is 1.63 bits per heavy atom. The van der Waals surface area contributed by atoms with Crippen LogP contribution in [0.25, 0.3) is 39.4 Å². The summed E-state index contributed by atoms with van der Waals surface area (Å²) in [7, 11) is 0. The highest BCUT2D eigenvalue weighted by atomic mass is 16.2. The first-order valence-electron chi connectivity index (χ1n) is 14.8. The summed E-state index contributed by atoms with van der Waals surface area (Å²) in [5.41, 5.74) is 4.96. The molecule has 0 bridgehead atoms. The minimum absolute atomic E-state index is 0.264. The quantitative estimate of drug-likeness (QED) is 0.247. The number of H-pyrrole nitrogens is 1. The summed E-state index contributed by atoms with van der Waals surface area (Å²) in [6.07, 6.45) is 4.72. The SMILES string of the molecule is CCCCc1nc2c(c(=O)n(CC3CC3)c(=O)n2-c2ccccc2)n1Cc1ccc(-c2ccccc2-c2nn[nH]n2)cc1. The van der Waals surface area contributed by atoms with E-state index in [1.165, 1.54) is 4.57 Å². The van der Waals surface area contributed by atoms with Gasteiger partial charge in [0.15, 0.2) is 11.2 Å². The zero-order chi connectivity index (χ0) is 29.3. The van der Waals surface area contributed by atoms with Gasteiger partial charge < -0.3 is 4.57 Å². The largest absolute Gasteiger partial charge is 0.337 e. The Hall–Kier alpha value is -5.12. The average molecular weight is 573 g/mol. The van der Waals surface area contributed by atoms with Crippen molar-refractivity contribution in [3.05, 3.63) is 111 Å². The van der Waals surface area contributed by atoms with Crippen molar-refractivity contribution in [3.8, 4) is 28.2 Å². The van der Waals surface area contributed by atoms with E-state index >= 15 is 0 Å². The number of nitrogens with one attached hydrogen (secondary N) is 1. The van der Waals surface area contributed by atoms with Crippen LogP contribution in [0.1, 0.15) is 44.0 Å². The predicted octanol–water partition coefficient (Wildman–Crippen LogP) is 5.00. The third-order valence-electron chi connectivity index (χ3n) is 8.13. The van der Waals surface area contributed by atoms with E-state index in [0.717, 1.165) is 53.8 Å². The lowest BCUT2D eigenvalue weighted by atomic mass is 9.98. The van der Waals surface area contributed by atoms with Gasteiger partial charge in [-0.05, 0) is 59.2 Å². The van der Waals surface area contributed by atoms with E-state index in [-0.39, 0.29) is 11.2 Å². The van der Waals surface area contributed by atoms with E-state index in [1.54, 1.807) is 4.57 Å². The fraction of sp³-hybridized carbons (Fsp3) is 0.273. The predicted molar refractivity (Wildman–Crippen MR) is 165 cm³/mol. The second-order valence-electron chi connectivity index (χ2n) is 11.2. The van der Waals surface area contributed by atoms with Gasteiger partial charge >= 0.3 is 5.69 Å². The molecule has 0 amide bonds. The maximum atomic E-state index is 14.1. The fourth-order valence-electron chi connectivity index (χ4n) is 5.68. The number of para-hydroxylation sites is 1. The minimum atomic E-state index is -0.327. The molecule has 0 unspecified atom stereocenters. The van der Waals surface area contributed by atoms with Gasteiger partial charge in [-0.3, -0.25) is 9.36 Å². The van der Waals surface area contributed by atoms with Crippen LogP contribution in [0.3, 0.4) is 0 Å². The highest BCUT2D eigenvalue weighted by Crippen LogP contribution is 2.31. The van der Waals surface area contributed by atoms with Crippen LogP contribution in [-0.2, 0) is 19.5 Å². The van der Waals surface area contributed by atoms with Crippen LogP contribution in [-0.4, -0.2) is 39.3 Å². The Morgan fingerprint density at radius 3 is 2.33 bits per heavy atom. The summed E-state index contributed by atoms with van der Waals surface area (Å²) in [5.74, 6) is 1.72. The van der Waals surface area contributed by atoms with Crippen molar-refractivity contribution in [1.29, 1.82) is 0 Å². The summed E-state index contributed by atoms with van der Waals surface area (Å²) >= 11 is 0. The molecule has 43 heavy (non-hydrogen) atoms. The fourth-order valence-corrected chi connectivity index (χ4v) is 5.68. The first-order valence-corrected chi connectivity index (χ1v) is 14.8. The molecule has 0 radical (unpaired) electrons. The summed E-state index contributed by atoms with van der Waals surface area (Å²) in [6.45, 7) is 3.04. The summed E-state index contributed by atoms with van der Waals surface area (Å²) in [5, 5.41) is 14.6. The van der Waals surface area contributed by atoms with Crippen LogP contribution in [0.15, 0.2) is 88.5 Å². The van der Waals surface area contributed by atoms with E-state index in [4.69, 9.17) is 4.98 Å². The summed E-state index contributed by atoms with van der Waals surface area (Å²) in [6, 6.07) is 25.8. The van der Waals surface area contributed by atoms with Crippen molar-refractivity contribution < 1.29 is 0 Å². The lowest BCUT2D eigenvalue weighted by Gasteiger charge is -2.13. The highest BCUT2D eigenvalue weighted by Gasteiger charge is 2.27. The Bertz CT molecular complexity index is 2000. The lowest BCUT2D eigenvalue weighted by Crippen LogP contribution is -2.40. The van der Waals surface area contributed by atoms with E-state index in [2.05, 4.69) is 51.8 Å². The second-order valence-corrected chi connectivity index (χ2v) is 11.2. The van der Waals surface area contributed by atoms with Gasteiger partial charge in [0.1, 0.15) is 5.82 Å². The number of hydrogen-bond donors (Lipinski definition) is 1. The zero-order valence-electron chi connectivity index (χ0n) is 24.0. The van der Waals surface area contributed by atoms with Gasteiger partial charge in [-0.2, -0.15) is 5.21 Å². The van der Waals surface area contributed by atoms with Gasteiger partial charge in [0.2, 0.25) is 5.82 Å². The molecule has 1 saturated carbocycles. The van der Waals surface area contributed by atoms with Gasteiger partial charge in [0.05, 0.1) is 5.69 Å². The van der Waals surface area contributed by atoms with Crippen molar-refractivity contribution in [2.24, 2.45) is 5.92 Å². The number of aromatic amines is 1. The van der Waals surface area contributed by atoms with Crippen molar-refractivity contribution in [1.82, 2.24) is 39.3 Å². The Labute approximate surface area is 247 Å². The number of imidazole rings is 1.